The molecule has 1 heterocycles. The molecular formula is C33H52F3NO2. The van der Waals surface area contributed by atoms with E-state index < -0.39 is 11.8 Å². The number of aromatic nitrogens is 1. The number of unbranched alkanes of at least 4 members (excludes halogenated alkanes) is 2. The standard InChI is InChI=1S/C13H15F3O2.C12H17N.2C4H10/c1-3-4-11(17)9-5-7-10(8-6-9)12(2,18)13(14,15)16;1-10-5-7-11(8-6-10)12-4-2-3-9-13-12;2*1-3-4-2/h5-8,18H,3-4H2,1-2H3;2-4,9-11H,5-8H2,1H3;2*3-4H2,1-2H3/t12-;;;/m0.../s1. The van der Waals surface area contributed by atoms with Crippen LogP contribution < -0.4 is 0 Å². The van der Waals surface area contributed by atoms with E-state index in [-0.39, 0.29) is 11.3 Å². The van der Waals surface area contributed by atoms with Gasteiger partial charge in [0.1, 0.15) is 0 Å². The first kappa shape index (κ1) is 36.8. The first-order valence-electron chi connectivity index (χ1n) is 14.7. The SMILES string of the molecule is CC1CCC(c2ccccn2)CC1.CCCC.CCCC.CCCC(=O)c1ccc([C@](C)(O)C(F)(F)F)cc1. The Morgan fingerprint density at radius 1 is 0.846 bits per heavy atom. The number of rotatable bonds is 7. The number of aliphatic hydroxyl groups is 1. The third-order valence-corrected chi connectivity index (χ3v) is 6.92. The van der Waals surface area contributed by atoms with E-state index in [9.17, 15) is 23.1 Å². The van der Waals surface area contributed by atoms with Gasteiger partial charge in [-0.3, -0.25) is 9.78 Å². The van der Waals surface area contributed by atoms with E-state index in [0.29, 0.717) is 25.3 Å². The Bertz CT molecular complexity index is 864. The molecule has 0 aliphatic heterocycles. The average molecular weight is 552 g/mol. The molecule has 0 bridgehead atoms. The van der Waals surface area contributed by atoms with E-state index in [1.165, 1.54) is 69.2 Å². The van der Waals surface area contributed by atoms with E-state index in [0.717, 1.165) is 24.0 Å². The van der Waals surface area contributed by atoms with Crippen LogP contribution in [0.3, 0.4) is 0 Å². The topological polar surface area (TPSA) is 50.2 Å². The monoisotopic (exact) mass is 551 g/mol. The predicted octanol–water partition coefficient (Wildman–Crippen LogP) is 10.4. The summed E-state index contributed by atoms with van der Waals surface area (Å²) in [4.78, 5) is 15.9. The zero-order chi connectivity index (χ0) is 29.9. The first-order chi connectivity index (χ1) is 18.4. The number of pyridine rings is 1. The van der Waals surface area contributed by atoms with Gasteiger partial charge in [-0.1, -0.05) is 110 Å². The Hall–Kier alpha value is -2.21. The quantitative estimate of drug-likeness (QED) is 0.348. The molecule has 1 aliphatic carbocycles. The fourth-order valence-corrected chi connectivity index (χ4v) is 3.69. The van der Waals surface area contributed by atoms with E-state index in [1.54, 1.807) is 0 Å². The van der Waals surface area contributed by atoms with Crippen LogP contribution in [-0.4, -0.2) is 22.1 Å². The van der Waals surface area contributed by atoms with Crippen LogP contribution in [-0.2, 0) is 5.60 Å². The molecule has 3 nitrogen and oxygen atoms in total. The number of nitrogens with zero attached hydrogens (tertiary/aromatic N) is 1. The van der Waals surface area contributed by atoms with Crippen LogP contribution in [0, 0.1) is 5.92 Å². The normalized spacial score (nSPS) is 18.1. The highest BCUT2D eigenvalue weighted by Gasteiger charge is 2.51. The highest BCUT2D eigenvalue weighted by molar-refractivity contribution is 5.96. The third kappa shape index (κ3) is 14.1. The van der Waals surface area contributed by atoms with Gasteiger partial charge in [0.15, 0.2) is 11.4 Å². The van der Waals surface area contributed by atoms with Crippen LogP contribution in [0.25, 0.3) is 0 Å². The second-order valence-corrected chi connectivity index (χ2v) is 10.5. The van der Waals surface area contributed by atoms with Crippen molar-refractivity contribution in [3.8, 4) is 0 Å². The van der Waals surface area contributed by atoms with Crippen molar-refractivity contribution in [2.24, 2.45) is 5.92 Å². The number of alkyl halides is 3. The van der Waals surface area contributed by atoms with E-state index in [2.05, 4.69) is 51.7 Å². The Morgan fingerprint density at radius 2 is 1.36 bits per heavy atom. The van der Waals surface area contributed by atoms with Crippen molar-refractivity contribution in [3.63, 3.8) is 0 Å². The molecule has 3 rings (SSSR count). The summed E-state index contributed by atoms with van der Waals surface area (Å²) >= 11 is 0. The van der Waals surface area contributed by atoms with Gasteiger partial charge in [0.05, 0.1) is 0 Å². The van der Waals surface area contributed by atoms with Crippen molar-refractivity contribution in [3.05, 3.63) is 65.5 Å². The third-order valence-electron chi connectivity index (χ3n) is 6.92. The lowest BCUT2D eigenvalue weighted by Crippen LogP contribution is -2.39. The smallest absolute Gasteiger partial charge is 0.376 e. The minimum absolute atomic E-state index is 0.115. The number of ketones is 1. The molecule has 0 radical (unpaired) electrons. The minimum Gasteiger partial charge on any atom is -0.376 e. The molecule has 1 N–H and O–H groups in total. The summed E-state index contributed by atoms with van der Waals surface area (Å²) in [6.07, 6.45) is 8.89. The summed E-state index contributed by atoms with van der Waals surface area (Å²) in [6.45, 7) is 13.6. The molecule has 1 atom stereocenters. The Balaban J connectivity index is 0.000000595. The second kappa shape index (κ2) is 19.8. The van der Waals surface area contributed by atoms with Crippen LogP contribution in [0.5, 0.6) is 0 Å². The van der Waals surface area contributed by atoms with Crippen molar-refractivity contribution >= 4 is 5.78 Å². The maximum atomic E-state index is 12.6. The number of carbonyl (C=O) groups is 1. The molecule has 222 valence electrons. The molecule has 1 aromatic heterocycles. The molecule has 0 saturated heterocycles. The number of halogens is 3. The fraction of sp³-hybridized carbons (Fsp3) is 0.636. The molecule has 1 aliphatic rings. The number of hydrogen-bond donors (Lipinski definition) is 1. The van der Waals surface area contributed by atoms with Crippen molar-refractivity contribution in [2.45, 2.75) is 130 Å². The van der Waals surface area contributed by atoms with Crippen LogP contribution in [0.1, 0.15) is 140 Å². The van der Waals surface area contributed by atoms with Crippen molar-refractivity contribution in [1.29, 1.82) is 0 Å². The van der Waals surface area contributed by atoms with Gasteiger partial charge in [-0.2, -0.15) is 13.2 Å². The Labute approximate surface area is 235 Å². The van der Waals surface area contributed by atoms with Gasteiger partial charge in [-0.25, -0.2) is 0 Å². The lowest BCUT2D eigenvalue weighted by molar-refractivity contribution is -0.258. The highest BCUT2D eigenvalue weighted by atomic mass is 19.4. The minimum atomic E-state index is -4.75. The van der Waals surface area contributed by atoms with E-state index in [4.69, 9.17) is 0 Å². The Kier molecular flexibility index (Phi) is 18.7. The molecule has 1 aromatic carbocycles. The van der Waals surface area contributed by atoms with E-state index >= 15 is 0 Å². The molecule has 0 unspecified atom stereocenters. The molecule has 0 spiro atoms. The summed E-state index contributed by atoms with van der Waals surface area (Å²) in [5.74, 6) is 1.55. The van der Waals surface area contributed by atoms with Crippen LogP contribution in [0.2, 0.25) is 0 Å². The zero-order valence-electron chi connectivity index (χ0n) is 25.3. The summed E-state index contributed by atoms with van der Waals surface area (Å²) in [6, 6.07) is 11.2. The highest BCUT2D eigenvalue weighted by Crippen LogP contribution is 2.38. The number of Topliss-reactive ketones (excluding diaryl/α,β-unsaturated/α-hetero) is 1. The van der Waals surface area contributed by atoms with Gasteiger partial charge in [-0.05, 0) is 49.8 Å². The van der Waals surface area contributed by atoms with Gasteiger partial charge < -0.3 is 5.11 Å². The van der Waals surface area contributed by atoms with Crippen LogP contribution in [0.4, 0.5) is 13.2 Å². The maximum Gasteiger partial charge on any atom is 0.421 e. The molecule has 2 aromatic rings. The van der Waals surface area contributed by atoms with Crippen molar-refractivity contribution in [1.82, 2.24) is 4.98 Å². The molecule has 39 heavy (non-hydrogen) atoms. The molecule has 0 amide bonds. The second-order valence-electron chi connectivity index (χ2n) is 10.5. The molecular weight excluding hydrogens is 499 g/mol. The number of carbonyl (C=O) groups excluding carboxylic acids is 1. The fourth-order valence-electron chi connectivity index (χ4n) is 3.69. The maximum absolute atomic E-state index is 12.6. The predicted molar refractivity (Wildman–Crippen MR) is 157 cm³/mol. The molecule has 1 saturated carbocycles. The van der Waals surface area contributed by atoms with Gasteiger partial charge in [0.2, 0.25) is 0 Å². The van der Waals surface area contributed by atoms with Gasteiger partial charge in [0, 0.05) is 29.8 Å². The largest absolute Gasteiger partial charge is 0.421 e. The van der Waals surface area contributed by atoms with Crippen molar-refractivity contribution in [2.75, 3.05) is 0 Å². The number of hydrogen-bond acceptors (Lipinski definition) is 3. The van der Waals surface area contributed by atoms with Gasteiger partial charge in [0.25, 0.3) is 0 Å². The summed E-state index contributed by atoms with van der Waals surface area (Å²) in [5.41, 5.74) is -1.52. The summed E-state index contributed by atoms with van der Waals surface area (Å²) in [5, 5.41) is 9.45. The lowest BCUT2D eigenvalue weighted by Gasteiger charge is -2.26. The van der Waals surface area contributed by atoms with Crippen LogP contribution >= 0.6 is 0 Å². The van der Waals surface area contributed by atoms with Crippen molar-refractivity contribution < 1.29 is 23.1 Å². The molecule has 6 heteroatoms. The van der Waals surface area contributed by atoms with E-state index in [1.807, 2.05) is 19.2 Å². The summed E-state index contributed by atoms with van der Waals surface area (Å²) < 4.78 is 37.7. The Morgan fingerprint density at radius 3 is 1.74 bits per heavy atom. The lowest BCUT2D eigenvalue weighted by atomic mass is 9.81. The number of benzene rings is 1. The van der Waals surface area contributed by atoms with Gasteiger partial charge in [-0.15, -0.1) is 0 Å². The van der Waals surface area contributed by atoms with Crippen LogP contribution in [0.15, 0.2) is 48.7 Å². The zero-order valence-corrected chi connectivity index (χ0v) is 25.3. The van der Waals surface area contributed by atoms with Gasteiger partial charge >= 0.3 is 6.18 Å². The first-order valence-corrected chi connectivity index (χ1v) is 14.7. The summed E-state index contributed by atoms with van der Waals surface area (Å²) in [7, 11) is 0. The average Bonchev–Trinajstić information content (AvgIpc) is 2.94. The molecule has 1 fully saturated rings.